The second-order valence-corrected chi connectivity index (χ2v) is 5.55. The van der Waals surface area contributed by atoms with Gasteiger partial charge < -0.3 is 11.5 Å². The van der Waals surface area contributed by atoms with E-state index >= 15 is 0 Å². The van der Waals surface area contributed by atoms with Gasteiger partial charge in [-0.15, -0.1) is 5.10 Å². The van der Waals surface area contributed by atoms with Crippen molar-refractivity contribution in [3.05, 3.63) is 34.9 Å². The van der Waals surface area contributed by atoms with E-state index in [-0.39, 0.29) is 5.96 Å². The largest absolute Gasteiger partial charge is 0.369 e. The summed E-state index contributed by atoms with van der Waals surface area (Å²) in [6, 6.07) is 0. The fourth-order valence-corrected chi connectivity index (χ4v) is 2.15. The number of aromatic nitrogens is 4. The minimum Gasteiger partial charge on any atom is -0.369 e. The molecule has 0 aromatic carbocycles. The number of nitrogens with one attached hydrogen (secondary N) is 2. The van der Waals surface area contributed by atoms with Crippen molar-refractivity contribution in [1.29, 1.82) is 0 Å². The van der Waals surface area contributed by atoms with Gasteiger partial charge in [-0.1, -0.05) is 0 Å². The average Bonchev–Trinajstić information content (AvgIpc) is 2.64. The Hall–Kier alpha value is -3.67. The summed E-state index contributed by atoms with van der Waals surface area (Å²) in [6.45, 7) is 7.24. The molecule has 0 atom stereocenters. The highest BCUT2D eigenvalue weighted by molar-refractivity contribution is 6.00. The highest BCUT2D eigenvalue weighted by atomic mass is 15.4. The maximum Gasteiger partial charge on any atom is 0.243 e. The van der Waals surface area contributed by atoms with Crippen LogP contribution in [-0.2, 0) is 0 Å². The van der Waals surface area contributed by atoms with Crippen molar-refractivity contribution in [3.63, 3.8) is 0 Å². The van der Waals surface area contributed by atoms with Crippen LogP contribution in [0.2, 0.25) is 0 Å². The first-order valence-corrected chi connectivity index (χ1v) is 7.90. The number of hydrogen-bond donors (Lipinski definition) is 5. The van der Waals surface area contributed by atoms with E-state index < -0.39 is 0 Å². The topological polar surface area (TPSA) is 191 Å². The predicted molar refractivity (Wildman–Crippen MR) is 105 cm³/mol. The first-order valence-electron chi connectivity index (χ1n) is 7.90. The molecule has 27 heavy (non-hydrogen) atoms. The third-order valence-electron chi connectivity index (χ3n) is 3.51. The van der Waals surface area contributed by atoms with Crippen molar-refractivity contribution in [2.75, 3.05) is 10.9 Å². The molecule has 2 heterocycles. The fourth-order valence-electron chi connectivity index (χ4n) is 2.15. The Balaban J connectivity index is 2.18. The lowest BCUT2D eigenvalue weighted by Gasteiger charge is -2.08. The van der Waals surface area contributed by atoms with Gasteiger partial charge in [-0.2, -0.15) is 10.2 Å². The molecule has 0 unspecified atom stereocenters. The smallest absolute Gasteiger partial charge is 0.243 e. The van der Waals surface area contributed by atoms with Crippen molar-refractivity contribution in [3.8, 4) is 0 Å². The number of nitrogens with two attached hydrogens (primary N) is 3. The molecule has 12 heteroatoms. The van der Waals surface area contributed by atoms with Crippen molar-refractivity contribution < 1.29 is 0 Å². The van der Waals surface area contributed by atoms with E-state index in [0.717, 1.165) is 16.8 Å². The molecule has 2 aromatic heterocycles. The van der Waals surface area contributed by atoms with Gasteiger partial charge in [0.15, 0.2) is 0 Å². The quantitative estimate of drug-likeness (QED) is 0.201. The fraction of sp³-hybridized carbons (Fsp3) is 0.267. The highest BCUT2D eigenvalue weighted by Gasteiger charge is 2.08. The molecule has 0 spiro atoms. The zero-order chi connectivity index (χ0) is 20.0. The van der Waals surface area contributed by atoms with Gasteiger partial charge in [0.2, 0.25) is 17.9 Å². The SMILES string of the molecule is C/C(=N/Nc1ncc(/C(C)=N\N=C(N)N)c(C)n1)c1cnc(NN)nc1C. The lowest BCUT2D eigenvalue weighted by molar-refractivity contribution is 1.05. The number of rotatable bonds is 6. The Morgan fingerprint density at radius 1 is 0.889 bits per heavy atom. The lowest BCUT2D eigenvalue weighted by atomic mass is 10.2. The Bertz CT molecular complexity index is 911. The van der Waals surface area contributed by atoms with E-state index in [0.29, 0.717) is 29.0 Å². The molecule has 0 radical (unpaired) electrons. The normalized spacial score (nSPS) is 11.9. The zero-order valence-electron chi connectivity index (χ0n) is 15.5. The Morgan fingerprint density at radius 3 is 2.00 bits per heavy atom. The van der Waals surface area contributed by atoms with Crippen molar-refractivity contribution >= 4 is 29.3 Å². The van der Waals surface area contributed by atoms with Gasteiger partial charge in [-0.25, -0.2) is 31.2 Å². The number of hydrazone groups is 1. The summed E-state index contributed by atoms with van der Waals surface area (Å²) < 4.78 is 0. The molecule has 0 aliphatic rings. The Kier molecular flexibility index (Phi) is 6.27. The third kappa shape index (κ3) is 5.15. The molecule has 142 valence electrons. The first kappa shape index (κ1) is 19.7. The predicted octanol–water partition coefficient (Wildman–Crippen LogP) is 0.00254. The molecule has 8 N–H and O–H groups in total. The summed E-state index contributed by atoms with van der Waals surface area (Å²) in [4.78, 5) is 16.9. The van der Waals surface area contributed by atoms with Gasteiger partial charge in [-0.05, 0) is 27.7 Å². The van der Waals surface area contributed by atoms with Crippen LogP contribution in [0.15, 0.2) is 27.7 Å². The number of hydrazine groups is 1. The van der Waals surface area contributed by atoms with Crippen LogP contribution in [-0.4, -0.2) is 37.3 Å². The maximum absolute atomic E-state index is 5.30. The van der Waals surface area contributed by atoms with Crippen LogP contribution >= 0.6 is 0 Å². The molecule has 0 aliphatic carbocycles. The van der Waals surface area contributed by atoms with Crippen LogP contribution in [0.5, 0.6) is 0 Å². The average molecular weight is 370 g/mol. The monoisotopic (exact) mass is 370 g/mol. The number of nitrogen functional groups attached to an aromatic ring is 1. The molecule has 0 bridgehead atoms. The van der Waals surface area contributed by atoms with Crippen LogP contribution < -0.4 is 28.2 Å². The van der Waals surface area contributed by atoms with Crippen molar-refractivity contribution in [1.82, 2.24) is 19.9 Å². The first-order chi connectivity index (χ1) is 12.8. The van der Waals surface area contributed by atoms with Gasteiger partial charge in [0.25, 0.3) is 0 Å². The second-order valence-electron chi connectivity index (χ2n) is 5.55. The molecular weight excluding hydrogens is 348 g/mol. The molecule has 0 saturated carbocycles. The standard InChI is InChI=1S/C15H22N12/c1-7-11(5-19-14(21-7)23-18)10(4)25-27-15-20-6-12(8(2)22-15)9(3)24-26-13(16)17/h5-6H,18H2,1-4H3,(H4,16,17,26)(H,19,21,23)(H,20,22,27)/b24-9-,25-10-. The zero-order valence-corrected chi connectivity index (χ0v) is 15.5. The number of hydrogen-bond acceptors (Lipinski definition) is 10. The van der Waals surface area contributed by atoms with Gasteiger partial charge >= 0.3 is 0 Å². The molecule has 2 aromatic rings. The van der Waals surface area contributed by atoms with Crippen molar-refractivity contribution in [2.24, 2.45) is 32.6 Å². The molecule has 0 aliphatic heterocycles. The maximum atomic E-state index is 5.30. The van der Waals surface area contributed by atoms with Gasteiger partial charge in [-0.3, -0.25) is 5.43 Å². The molecule has 0 saturated heterocycles. The van der Waals surface area contributed by atoms with E-state index in [9.17, 15) is 0 Å². The molecule has 0 amide bonds. The van der Waals surface area contributed by atoms with Crippen LogP contribution in [0.25, 0.3) is 0 Å². The van der Waals surface area contributed by atoms with Crippen LogP contribution in [0.3, 0.4) is 0 Å². The third-order valence-corrected chi connectivity index (χ3v) is 3.51. The number of guanidine groups is 1. The van der Waals surface area contributed by atoms with Crippen LogP contribution in [0.4, 0.5) is 11.9 Å². The van der Waals surface area contributed by atoms with Crippen molar-refractivity contribution in [2.45, 2.75) is 27.7 Å². The lowest BCUT2D eigenvalue weighted by Crippen LogP contribution is -2.22. The second kappa shape index (κ2) is 8.62. The summed E-state index contributed by atoms with van der Waals surface area (Å²) in [5.74, 6) is 5.85. The number of nitrogens with zero attached hydrogens (tertiary/aromatic N) is 7. The molecule has 0 fully saturated rings. The molecule has 12 nitrogen and oxygen atoms in total. The van der Waals surface area contributed by atoms with Gasteiger partial charge in [0.05, 0.1) is 22.8 Å². The molecular formula is C15H22N12. The Labute approximate surface area is 156 Å². The van der Waals surface area contributed by atoms with E-state index in [1.165, 1.54) is 0 Å². The highest BCUT2D eigenvalue weighted by Crippen LogP contribution is 2.11. The van der Waals surface area contributed by atoms with Gasteiger partial charge in [0.1, 0.15) is 0 Å². The van der Waals surface area contributed by atoms with Crippen LogP contribution in [0, 0.1) is 13.8 Å². The van der Waals surface area contributed by atoms with E-state index in [4.69, 9.17) is 17.3 Å². The summed E-state index contributed by atoms with van der Waals surface area (Å²) in [5, 5.41) is 11.8. The summed E-state index contributed by atoms with van der Waals surface area (Å²) in [5.41, 5.74) is 20.0. The van der Waals surface area contributed by atoms with E-state index in [1.807, 2.05) is 20.8 Å². The summed E-state index contributed by atoms with van der Waals surface area (Å²) in [7, 11) is 0. The minimum absolute atomic E-state index is 0.120. The number of anilines is 2. The summed E-state index contributed by atoms with van der Waals surface area (Å²) in [6.07, 6.45) is 3.25. The Morgan fingerprint density at radius 2 is 1.44 bits per heavy atom. The van der Waals surface area contributed by atoms with Gasteiger partial charge in [0, 0.05) is 23.5 Å². The van der Waals surface area contributed by atoms with E-state index in [1.54, 1.807) is 19.3 Å². The summed E-state index contributed by atoms with van der Waals surface area (Å²) >= 11 is 0. The van der Waals surface area contributed by atoms with Crippen LogP contribution in [0.1, 0.15) is 36.4 Å². The minimum atomic E-state index is -0.120. The molecule has 2 rings (SSSR count). The van der Waals surface area contributed by atoms with E-state index in [2.05, 4.69) is 46.1 Å². The number of aryl methyl sites for hydroxylation is 2.